The average molecular weight is 354 g/mol. The van der Waals surface area contributed by atoms with Crippen LogP contribution < -0.4 is 5.32 Å². The molecule has 2 amide bonds. The first-order valence-electron chi connectivity index (χ1n) is 8.97. The minimum absolute atomic E-state index is 0.0717. The van der Waals surface area contributed by atoms with Gasteiger partial charge in [-0.15, -0.1) is 0 Å². The number of nitrogens with zero attached hydrogens (tertiary/aromatic N) is 3. The van der Waals surface area contributed by atoms with Crippen LogP contribution in [-0.2, 0) is 33.8 Å². The Morgan fingerprint density at radius 3 is 3.00 bits per heavy atom. The number of carbonyl (C=O) groups is 2. The zero-order valence-electron chi connectivity index (χ0n) is 14.6. The standard InChI is InChI=1S/C19H22N4O3/c24-18(12-22-8-6-20-13-22)23-7-5-14-3-4-16(10-15(14)11-23)21-19(25)17-2-1-9-26-17/h3-4,6,8,10,13,17H,1-2,5,7,9,11-12H2,(H,21,25). The molecule has 1 fully saturated rings. The fourth-order valence-corrected chi connectivity index (χ4v) is 3.49. The van der Waals surface area contributed by atoms with E-state index >= 15 is 0 Å². The van der Waals surface area contributed by atoms with Gasteiger partial charge in [-0.2, -0.15) is 0 Å². The fraction of sp³-hybridized carbons (Fsp3) is 0.421. The lowest BCUT2D eigenvalue weighted by Gasteiger charge is -2.29. The van der Waals surface area contributed by atoms with Crippen LogP contribution in [0.25, 0.3) is 0 Å². The van der Waals surface area contributed by atoms with Gasteiger partial charge in [0.15, 0.2) is 0 Å². The lowest BCUT2D eigenvalue weighted by atomic mass is 9.99. The smallest absolute Gasteiger partial charge is 0.253 e. The lowest BCUT2D eigenvalue weighted by Crippen LogP contribution is -2.38. The third-order valence-corrected chi connectivity index (χ3v) is 4.94. The first-order valence-corrected chi connectivity index (χ1v) is 8.97. The maximum atomic E-state index is 12.5. The van der Waals surface area contributed by atoms with Gasteiger partial charge in [0.05, 0.1) is 6.33 Å². The Kier molecular flexibility index (Phi) is 4.71. The van der Waals surface area contributed by atoms with Crippen LogP contribution in [0.4, 0.5) is 5.69 Å². The molecule has 0 bridgehead atoms. The van der Waals surface area contributed by atoms with Crippen LogP contribution in [0, 0.1) is 0 Å². The number of amides is 2. The minimum Gasteiger partial charge on any atom is -0.368 e. The van der Waals surface area contributed by atoms with Crippen molar-refractivity contribution >= 4 is 17.5 Å². The zero-order valence-corrected chi connectivity index (χ0v) is 14.6. The number of aromatic nitrogens is 2. The molecule has 2 aromatic rings. The van der Waals surface area contributed by atoms with E-state index in [9.17, 15) is 9.59 Å². The maximum absolute atomic E-state index is 12.5. The molecule has 0 spiro atoms. The van der Waals surface area contributed by atoms with Crippen molar-refractivity contribution in [1.29, 1.82) is 0 Å². The van der Waals surface area contributed by atoms with Gasteiger partial charge in [0, 0.05) is 37.8 Å². The summed E-state index contributed by atoms with van der Waals surface area (Å²) in [5, 5.41) is 2.93. The first kappa shape index (κ1) is 16.8. The topological polar surface area (TPSA) is 76.5 Å². The number of nitrogens with one attached hydrogen (secondary N) is 1. The number of imidazole rings is 1. The van der Waals surface area contributed by atoms with Crippen molar-refractivity contribution in [2.45, 2.75) is 38.5 Å². The number of benzene rings is 1. The summed E-state index contributed by atoms with van der Waals surface area (Å²) in [5.74, 6) is -0.0197. The molecule has 1 unspecified atom stereocenters. The second-order valence-corrected chi connectivity index (χ2v) is 6.77. The van der Waals surface area contributed by atoms with Crippen LogP contribution in [0.2, 0.25) is 0 Å². The fourth-order valence-electron chi connectivity index (χ4n) is 3.49. The summed E-state index contributed by atoms with van der Waals surface area (Å²) >= 11 is 0. The van der Waals surface area contributed by atoms with Crippen molar-refractivity contribution in [1.82, 2.24) is 14.5 Å². The van der Waals surface area contributed by atoms with Crippen LogP contribution in [0.3, 0.4) is 0 Å². The highest BCUT2D eigenvalue weighted by atomic mass is 16.5. The van der Waals surface area contributed by atoms with Crippen LogP contribution >= 0.6 is 0 Å². The molecule has 0 aliphatic carbocycles. The molecule has 0 saturated carbocycles. The molecule has 26 heavy (non-hydrogen) atoms. The number of rotatable bonds is 4. The summed E-state index contributed by atoms with van der Waals surface area (Å²) in [4.78, 5) is 30.6. The van der Waals surface area contributed by atoms with E-state index in [1.807, 2.05) is 23.1 Å². The highest BCUT2D eigenvalue weighted by Crippen LogP contribution is 2.24. The zero-order chi connectivity index (χ0) is 17.9. The van der Waals surface area contributed by atoms with E-state index in [2.05, 4.69) is 10.3 Å². The summed E-state index contributed by atoms with van der Waals surface area (Å²) in [7, 11) is 0. The first-order chi connectivity index (χ1) is 12.7. The third kappa shape index (κ3) is 3.62. The summed E-state index contributed by atoms with van der Waals surface area (Å²) in [5.41, 5.74) is 3.07. The Bertz CT molecular complexity index is 797. The molecule has 3 heterocycles. The number of ether oxygens (including phenoxy) is 1. The predicted octanol–water partition coefficient (Wildman–Crippen LogP) is 1.59. The normalized spacial score (nSPS) is 19.2. The van der Waals surface area contributed by atoms with Gasteiger partial charge in [0.25, 0.3) is 5.91 Å². The Morgan fingerprint density at radius 1 is 1.31 bits per heavy atom. The highest BCUT2D eigenvalue weighted by molar-refractivity contribution is 5.94. The second kappa shape index (κ2) is 7.29. The Hall–Kier alpha value is -2.67. The number of carbonyl (C=O) groups excluding carboxylic acids is 2. The molecule has 2 aliphatic rings. The Labute approximate surface area is 152 Å². The lowest BCUT2D eigenvalue weighted by molar-refractivity contribution is -0.132. The van der Waals surface area contributed by atoms with Crippen molar-refractivity contribution in [3.05, 3.63) is 48.0 Å². The van der Waals surface area contributed by atoms with Crippen molar-refractivity contribution in [2.75, 3.05) is 18.5 Å². The largest absolute Gasteiger partial charge is 0.368 e. The Balaban J connectivity index is 1.42. The monoisotopic (exact) mass is 354 g/mol. The van der Waals surface area contributed by atoms with Gasteiger partial charge in [-0.25, -0.2) is 4.98 Å². The van der Waals surface area contributed by atoms with Gasteiger partial charge in [-0.05, 0) is 42.5 Å². The number of anilines is 1. The summed E-state index contributed by atoms with van der Waals surface area (Å²) in [6.45, 7) is 2.22. The molecule has 1 aromatic carbocycles. The van der Waals surface area contributed by atoms with Crippen LogP contribution in [-0.4, -0.2) is 45.5 Å². The predicted molar refractivity (Wildman–Crippen MR) is 95.4 cm³/mol. The molecule has 1 N–H and O–H groups in total. The van der Waals surface area contributed by atoms with Gasteiger partial charge < -0.3 is 19.5 Å². The molecule has 1 aromatic heterocycles. The van der Waals surface area contributed by atoms with Crippen molar-refractivity contribution in [3.63, 3.8) is 0 Å². The van der Waals surface area contributed by atoms with E-state index in [4.69, 9.17) is 4.74 Å². The molecule has 4 rings (SSSR count). The van der Waals surface area contributed by atoms with Crippen LogP contribution in [0.1, 0.15) is 24.0 Å². The third-order valence-electron chi connectivity index (χ3n) is 4.94. The summed E-state index contributed by atoms with van der Waals surface area (Å²) in [6, 6.07) is 5.94. The summed E-state index contributed by atoms with van der Waals surface area (Å²) in [6.07, 6.45) is 7.28. The molecule has 136 valence electrons. The molecule has 7 heteroatoms. The van der Waals surface area contributed by atoms with Crippen molar-refractivity contribution in [2.24, 2.45) is 0 Å². The van der Waals surface area contributed by atoms with Crippen LogP contribution in [0.5, 0.6) is 0 Å². The average Bonchev–Trinajstić information content (AvgIpc) is 3.35. The van der Waals surface area contributed by atoms with Crippen molar-refractivity contribution < 1.29 is 14.3 Å². The quantitative estimate of drug-likeness (QED) is 0.905. The number of hydrogen-bond donors (Lipinski definition) is 1. The summed E-state index contributed by atoms with van der Waals surface area (Å²) < 4.78 is 7.20. The second-order valence-electron chi connectivity index (χ2n) is 6.77. The van der Waals surface area contributed by atoms with Crippen LogP contribution in [0.15, 0.2) is 36.9 Å². The SMILES string of the molecule is O=C(Nc1ccc2c(c1)CN(C(=O)Cn1ccnc1)CC2)C1CCCO1. The van der Waals surface area contributed by atoms with E-state index in [1.165, 1.54) is 5.56 Å². The molecule has 1 atom stereocenters. The van der Waals surface area contributed by atoms with Gasteiger partial charge in [-0.3, -0.25) is 9.59 Å². The van der Waals surface area contributed by atoms with E-state index in [0.29, 0.717) is 26.2 Å². The van der Waals surface area contributed by atoms with E-state index in [1.54, 1.807) is 23.3 Å². The molecule has 7 nitrogen and oxygen atoms in total. The van der Waals surface area contributed by atoms with E-state index in [-0.39, 0.29) is 17.9 Å². The molecular formula is C19H22N4O3. The van der Waals surface area contributed by atoms with Gasteiger partial charge >= 0.3 is 0 Å². The number of hydrogen-bond acceptors (Lipinski definition) is 4. The van der Waals surface area contributed by atoms with Gasteiger partial charge in [0.2, 0.25) is 5.91 Å². The van der Waals surface area contributed by atoms with Crippen molar-refractivity contribution in [3.8, 4) is 0 Å². The maximum Gasteiger partial charge on any atom is 0.253 e. The molecular weight excluding hydrogens is 332 g/mol. The van der Waals surface area contributed by atoms with Gasteiger partial charge in [0.1, 0.15) is 12.6 Å². The molecule has 0 radical (unpaired) electrons. The molecule has 1 saturated heterocycles. The van der Waals surface area contributed by atoms with Gasteiger partial charge in [-0.1, -0.05) is 6.07 Å². The Morgan fingerprint density at radius 2 is 2.23 bits per heavy atom. The highest BCUT2D eigenvalue weighted by Gasteiger charge is 2.25. The van der Waals surface area contributed by atoms with E-state index < -0.39 is 0 Å². The minimum atomic E-state index is -0.348. The van der Waals surface area contributed by atoms with E-state index in [0.717, 1.165) is 30.5 Å². The molecule has 2 aliphatic heterocycles. The number of fused-ring (bicyclic) bond motifs is 1.